The number of hydrogen-bond acceptors (Lipinski definition) is 3. The van der Waals surface area contributed by atoms with Gasteiger partial charge in [0.15, 0.2) is 0 Å². The molecule has 1 aromatic rings. The van der Waals surface area contributed by atoms with Crippen molar-refractivity contribution in [1.29, 1.82) is 0 Å². The predicted octanol–water partition coefficient (Wildman–Crippen LogP) is 3.71. The maximum atomic E-state index is 12.6. The van der Waals surface area contributed by atoms with Gasteiger partial charge in [0, 0.05) is 24.6 Å². The van der Waals surface area contributed by atoms with Gasteiger partial charge in [0.1, 0.15) is 0 Å². The zero-order chi connectivity index (χ0) is 15.8. The Bertz CT molecular complexity index is 441. The minimum atomic E-state index is -5.86. The van der Waals surface area contributed by atoms with E-state index >= 15 is 0 Å². The van der Waals surface area contributed by atoms with Crippen LogP contribution in [0.2, 0.25) is 0 Å². The molecule has 20 heavy (non-hydrogen) atoms. The fraction of sp³-hybridized carbons (Fsp3) is 0.455. The zero-order valence-corrected chi connectivity index (χ0v) is 11.2. The highest BCUT2D eigenvalue weighted by atomic mass is 32.2. The molecule has 0 saturated carbocycles. The molecule has 0 saturated heterocycles. The summed E-state index contributed by atoms with van der Waals surface area (Å²) < 4.78 is 77.3. The monoisotopic (exact) mass is 319 g/mol. The molecule has 0 atom stereocenters. The number of nitrogens with zero attached hydrogens (tertiary/aromatic N) is 1. The van der Waals surface area contributed by atoms with Crippen LogP contribution in [0.1, 0.15) is 5.56 Å². The van der Waals surface area contributed by atoms with E-state index in [1.54, 1.807) is 17.6 Å². The summed E-state index contributed by atoms with van der Waals surface area (Å²) in [6.45, 7) is 0. The largest absolute Gasteiger partial charge is 0.430 e. The maximum Gasteiger partial charge on any atom is 0.430 e. The van der Waals surface area contributed by atoms with Crippen molar-refractivity contribution in [3.8, 4) is 0 Å². The van der Waals surface area contributed by atoms with Crippen molar-refractivity contribution in [1.82, 2.24) is 0 Å². The Kier molecular flexibility index (Phi) is 4.55. The number of anilines is 1. The van der Waals surface area contributed by atoms with Crippen molar-refractivity contribution in [2.45, 2.75) is 18.0 Å². The van der Waals surface area contributed by atoms with Gasteiger partial charge in [-0.25, -0.2) is 0 Å². The van der Waals surface area contributed by atoms with E-state index in [1.165, 1.54) is 11.9 Å². The van der Waals surface area contributed by atoms with Gasteiger partial charge in [-0.2, -0.15) is 26.3 Å². The summed E-state index contributed by atoms with van der Waals surface area (Å²) >= 11 is 1.23. The Balaban J connectivity index is 3.31. The first-order chi connectivity index (χ1) is 8.95. The number of alkyl halides is 6. The van der Waals surface area contributed by atoms with Crippen molar-refractivity contribution >= 4 is 17.6 Å². The average Bonchev–Trinajstić information content (AvgIpc) is 2.34. The number of aliphatic hydroxyl groups is 1. The molecule has 114 valence electrons. The standard InChI is InChI=1S/C11H11F6NOS/c1-18(20-2)8-5-3-7(4-6-8)9(19,10(12,13)14)11(15,16)17/h3-6,19H,1-2H3. The van der Waals surface area contributed by atoms with E-state index in [-0.39, 0.29) is 0 Å². The molecule has 0 bridgehead atoms. The summed E-state index contributed by atoms with van der Waals surface area (Å²) in [6, 6.07) is 3.38. The van der Waals surface area contributed by atoms with E-state index in [4.69, 9.17) is 0 Å². The number of rotatable bonds is 3. The Morgan fingerprint density at radius 1 is 0.950 bits per heavy atom. The topological polar surface area (TPSA) is 23.5 Å². The number of halogens is 6. The van der Waals surface area contributed by atoms with Crippen LogP contribution < -0.4 is 4.31 Å². The average molecular weight is 319 g/mol. The van der Waals surface area contributed by atoms with Crippen LogP contribution in [0.15, 0.2) is 24.3 Å². The summed E-state index contributed by atoms with van der Waals surface area (Å²) in [4.78, 5) is 0. The van der Waals surface area contributed by atoms with E-state index < -0.39 is 23.5 Å². The summed E-state index contributed by atoms with van der Waals surface area (Å²) in [5.41, 5.74) is -5.74. The molecular formula is C11H11F6NOS. The molecule has 0 aliphatic heterocycles. The van der Waals surface area contributed by atoms with E-state index in [2.05, 4.69) is 0 Å². The molecule has 0 heterocycles. The van der Waals surface area contributed by atoms with Gasteiger partial charge in [-0.05, 0) is 12.1 Å². The third-order valence-corrected chi connectivity index (χ3v) is 3.50. The van der Waals surface area contributed by atoms with Crippen LogP contribution in [-0.4, -0.2) is 30.8 Å². The quantitative estimate of drug-likeness (QED) is 0.678. The SMILES string of the molecule is CSN(C)c1ccc(C(O)(C(F)(F)F)C(F)(F)F)cc1. The van der Waals surface area contributed by atoms with Crippen molar-refractivity contribution in [3.05, 3.63) is 29.8 Å². The normalized spacial score (nSPS) is 13.4. The molecule has 0 spiro atoms. The van der Waals surface area contributed by atoms with Crippen molar-refractivity contribution in [3.63, 3.8) is 0 Å². The van der Waals surface area contributed by atoms with Crippen molar-refractivity contribution < 1.29 is 31.4 Å². The first-order valence-corrected chi connectivity index (χ1v) is 6.37. The van der Waals surface area contributed by atoms with Gasteiger partial charge in [0.2, 0.25) is 0 Å². The van der Waals surface area contributed by atoms with Crippen LogP contribution in [0.5, 0.6) is 0 Å². The minimum Gasteiger partial charge on any atom is -0.369 e. The number of benzene rings is 1. The molecule has 0 fully saturated rings. The lowest BCUT2D eigenvalue weighted by atomic mass is 9.92. The molecule has 0 aliphatic carbocycles. The minimum absolute atomic E-state index is 0.410. The van der Waals surface area contributed by atoms with Crippen LogP contribution in [0.4, 0.5) is 32.0 Å². The highest BCUT2D eigenvalue weighted by Crippen LogP contribution is 2.50. The second-order valence-corrected chi connectivity index (χ2v) is 4.85. The van der Waals surface area contributed by atoms with Crippen LogP contribution >= 0.6 is 11.9 Å². The summed E-state index contributed by atoms with van der Waals surface area (Å²) in [7, 11) is 1.60. The summed E-state index contributed by atoms with van der Waals surface area (Å²) in [5.74, 6) is 0. The van der Waals surface area contributed by atoms with Gasteiger partial charge in [0.25, 0.3) is 5.60 Å². The highest BCUT2D eigenvalue weighted by Gasteiger charge is 2.71. The Morgan fingerprint density at radius 3 is 1.65 bits per heavy atom. The van der Waals surface area contributed by atoms with E-state index in [0.717, 1.165) is 12.1 Å². The van der Waals surface area contributed by atoms with E-state index in [0.29, 0.717) is 17.8 Å². The third-order valence-electron chi connectivity index (χ3n) is 2.74. The highest BCUT2D eigenvalue weighted by molar-refractivity contribution is 7.99. The molecule has 0 aliphatic rings. The number of hydrogen-bond donors (Lipinski definition) is 1. The van der Waals surface area contributed by atoms with Gasteiger partial charge in [-0.3, -0.25) is 0 Å². The molecule has 1 N–H and O–H groups in total. The van der Waals surface area contributed by atoms with E-state index in [9.17, 15) is 31.4 Å². The van der Waals surface area contributed by atoms with Crippen LogP contribution in [0, 0.1) is 0 Å². The van der Waals surface area contributed by atoms with Crippen molar-refractivity contribution in [2.75, 3.05) is 17.6 Å². The van der Waals surface area contributed by atoms with Crippen molar-refractivity contribution in [2.24, 2.45) is 0 Å². The molecule has 1 rings (SSSR count). The Labute approximate surface area is 115 Å². The fourth-order valence-electron chi connectivity index (χ4n) is 1.51. The first-order valence-electron chi connectivity index (χ1n) is 5.19. The third kappa shape index (κ3) is 2.83. The predicted molar refractivity (Wildman–Crippen MR) is 64.4 cm³/mol. The zero-order valence-electron chi connectivity index (χ0n) is 10.4. The summed E-state index contributed by atoms with van der Waals surface area (Å²) in [6.07, 6.45) is -10.0. The van der Waals surface area contributed by atoms with Gasteiger partial charge in [-0.1, -0.05) is 24.1 Å². The molecule has 0 unspecified atom stereocenters. The molecule has 0 radical (unpaired) electrons. The van der Waals surface area contributed by atoms with Gasteiger partial charge >= 0.3 is 12.4 Å². The van der Waals surface area contributed by atoms with Crippen LogP contribution in [-0.2, 0) is 5.60 Å². The van der Waals surface area contributed by atoms with Crippen LogP contribution in [0.25, 0.3) is 0 Å². The lowest BCUT2D eigenvalue weighted by Gasteiger charge is -2.32. The Hall–Kier alpha value is -1.09. The second-order valence-electron chi connectivity index (χ2n) is 3.93. The van der Waals surface area contributed by atoms with Gasteiger partial charge in [0.05, 0.1) is 0 Å². The van der Waals surface area contributed by atoms with Gasteiger partial charge < -0.3 is 9.41 Å². The molecule has 0 aromatic heterocycles. The molecule has 1 aromatic carbocycles. The lowest BCUT2D eigenvalue weighted by Crippen LogP contribution is -2.53. The Morgan fingerprint density at radius 2 is 1.35 bits per heavy atom. The first kappa shape index (κ1) is 17.0. The lowest BCUT2D eigenvalue weighted by molar-refractivity contribution is -0.376. The van der Waals surface area contributed by atoms with Crippen LogP contribution in [0.3, 0.4) is 0 Å². The smallest absolute Gasteiger partial charge is 0.369 e. The maximum absolute atomic E-state index is 12.6. The second kappa shape index (κ2) is 5.36. The molecule has 9 heteroatoms. The molecule has 2 nitrogen and oxygen atoms in total. The van der Waals surface area contributed by atoms with Gasteiger partial charge in [-0.15, -0.1) is 0 Å². The molecular weight excluding hydrogens is 308 g/mol. The fourth-order valence-corrected chi connectivity index (χ4v) is 1.84. The summed E-state index contributed by atoms with van der Waals surface area (Å²) in [5, 5.41) is 9.17. The van der Waals surface area contributed by atoms with E-state index in [1.807, 2.05) is 0 Å². The molecule has 0 amide bonds.